The predicted octanol–water partition coefficient (Wildman–Crippen LogP) is 5.66. The Labute approximate surface area is 205 Å². The van der Waals surface area contributed by atoms with Gasteiger partial charge in [0.05, 0.1) is 11.5 Å². The molecule has 1 fully saturated rings. The minimum atomic E-state index is 0.0833. The van der Waals surface area contributed by atoms with Gasteiger partial charge in [-0.2, -0.15) is 0 Å². The molecule has 1 amide bonds. The standard InChI is InChI=1S/C21H21N5OS.C3H6O.C2H6/c1-3-28-19-10-16(5-4-14(19)2)24-20-17-11-18(25-21(17)23-12-22-20)15-6-8-26(13-27)9-7-15;4-3-1-2-3;1-2/h3-6,10-13H,1,7-9H2,2H3,(H2,22,23,24,25);3-4H,1-2H2;1-2H3. The molecule has 2 aromatic heterocycles. The highest BCUT2D eigenvalue weighted by molar-refractivity contribution is 8.02. The molecule has 1 saturated carbocycles. The molecule has 0 bridgehead atoms. The maximum Gasteiger partial charge on any atom is 0.209 e. The summed E-state index contributed by atoms with van der Waals surface area (Å²) in [7, 11) is 0. The van der Waals surface area contributed by atoms with Crippen molar-refractivity contribution < 1.29 is 9.90 Å². The van der Waals surface area contributed by atoms with Gasteiger partial charge in [-0.15, -0.1) is 0 Å². The fourth-order valence-corrected chi connectivity index (χ4v) is 3.97. The van der Waals surface area contributed by atoms with Crippen LogP contribution in [-0.4, -0.2) is 50.6 Å². The van der Waals surface area contributed by atoms with Crippen LogP contribution in [0.15, 0.2) is 53.6 Å². The van der Waals surface area contributed by atoms with Crippen molar-refractivity contribution in [2.75, 3.05) is 18.4 Å². The Kier molecular flexibility index (Phi) is 9.30. The summed E-state index contributed by atoms with van der Waals surface area (Å²) in [6.07, 6.45) is 7.53. The lowest BCUT2D eigenvalue weighted by molar-refractivity contribution is -0.117. The number of carbonyl (C=O) groups is 1. The van der Waals surface area contributed by atoms with Gasteiger partial charge in [-0.25, -0.2) is 9.97 Å². The van der Waals surface area contributed by atoms with Gasteiger partial charge in [0.25, 0.3) is 0 Å². The Balaban J connectivity index is 0.000000480. The van der Waals surface area contributed by atoms with Gasteiger partial charge in [0.15, 0.2) is 0 Å². The van der Waals surface area contributed by atoms with Gasteiger partial charge in [0, 0.05) is 29.4 Å². The number of aromatic amines is 1. The number of benzene rings is 1. The third kappa shape index (κ3) is 6.71. The molecule has 0 saturated heterocycles. The number of rotatable bonds is 6. The molecule has 3 aromatic rings. The molecule has 34 heavy (non-hydrogen) atoms. The molecular formula is C26H33N5O2S. The van der Waals surface area contributed by atoms with Gasteiger partial charge >= 0.3 is 0 Å². The highest BCUT2D eigenvalue weighted by Crippen LogP contribution is 2.31. The Morgan fingerprint density at radius 2 is 2.03 bits per heavy atom. The van der Waals surface area contributed by atoms with Gasteiger partial charge in [0.1, 0.15) is 17.8 Å². The minimum Gasteiger partial charge on any atom is -0.393 e. The number of amides is 1. The van der Waals surface area contributed by atoms with Crippen LogP contribution in [0.2, 0.25) is 0 Å². The summed E-state index contributed by atoms with van der Waals surface area (Å²) in [5, 5.41) is 14.3. The van der Waals surface area contributed by atoms with Gasteiger partial charge in [-0.1, -0.05) is 44.3 Å². The summed E-state index contributed by atoms with van der Waals surface area (Å²) in [5.41, 5.74) is 5.19. The fourth-order valence-electron chi connectivity index (χ4n) is 3.34. The molecule has 0 spiro atoms. The maximum atomic E-state index is 10.9. The SMILES string of the molecule is C=CSc1cc(Nc2ncnc3[nH]c(C4=CCN(C=O)CC4)cc23)ccc1C.CC.OC1CC1. The molecule has 0 radical (unpaired) electrons. The van der Waals surface area contributed by atoms with Crippen molar-refractivity contribution >= 4 is 46.3 Å². The van der Waals surface area contributed by atoms with E-state index in [1.54, 1.807) is 23.0 Å². The van der Waals surface area contributed by atoms with E-state index >= 15 is 0 Å². The van der Waals surface area contributed by atoms with Gasteiger partial charge < -0.3 is 20.3 Å². The molecule has 8 heteroatoms. The third-order valence-electron chi connectivity index (χ3n) is 5.37. The first-order chi connectivity index (χ1) is 16.6. The fraction of sp³-hybridized carbons (Fsp3) is 0.346. The third-order valence-corrected chi connectivity index (χ3v) is 6.23. The number of aliphatic hydroxyl groups is 1. The van der Waals surface area contributed by atoms with Crippen LogP contribution >= 0.6 is 11.8 Å². The molecule has 1 aliphatic carbocycles. The summed E-state index contributed by atoms with van der Waals surface area (Å²) in [4.78, 5) is 26.0. The van der Waals surface area contributed by atoms with Crippen molar-refractivity contribution in [2.24, 2.45) is 0 Å². The van der Waals surface area contributed by atoms with E-state index in [1.807, 2.05) is 25.3 Å². The van der Waals surface area contributed by atoms with Crippen LogP contribution in [0.25, 0.3) is 16.6 Å². The van der Waals surface area contributed by atoms with Crippen molar-refractivity contribution in [1.29, 1.82) is 0 Å². The maximum absolute atomic E-state index is 10.9. The molecule has 1 aliphatic heterocycles. The smallest absolute Gasteiger partial charge is 0.209 e. The number of anilines is 2. The van der Waals surface area contributed by atoms with Crippen molar-refractivity contribution in [2.45, 2.75) is 51.0 Å². The normalized spacial score (nSPS) is 14.8. The van der Waals surface area contributed by atoms with E-state index < -0.39 is 0 Å². The number of thioether (sulfide) groups is 1. The van der Waals surface area contributed by atoms with Crippen LogP contribution in [0.4, 0.5) is 11.5 Å². The van der Waals surface area contributed by atoms with Crippen LogP contribution in [0.3, 0.4) is 0 Å². The molecule has 180 valence electrons. The van der Waals surface area contributed by atoms with Crippen molar-refractivity contribution in [1.82, 2.24) is 19.9 Å². The van der Waals surface area contributed by atoms with Gasteiger partial charge in [0.2, 0.25) is 6.41 Å². The van der Waals surface area contributed by atoms with E-state index in [9.17, 15) is 4.79 Å². The second-order valence-electron chi connectivity index (χ2n) is 7.87. The summed E-state index contributed by atoms with van der Waals surface area (Å²) >= 11 is 1.60. The molecule has 0 atom stereocenters. The van der Waals surface area contributed by atoms with E-state index in [-0.39, 0.29) is 6.10 Å². The first kappa shape index (κ1) is 25.5. The number of H-pyrrole nitrogens is 1. The van der Waals surface area contributed by atoms with E-state index in [0.29, 0.717) is 6.54 Å². The summed E-state index contributed by atoms with van der Waals surface area (Å²) in [6.45, 7) is 11.3. The van der Waals surface area contributed by atoms with Crippen molar-refractivity contribution in [3.05, 3.63) is 59.9 Å². The lowest BCUT2D eigenvalue weighted by Crippen LogP contribution is -2.26. The Bertz CT molecular complexity index is 1150. The number of hydrogen-bond acceptors (Lipinski definition) is 6. The summed E-state index contributed by atoms with van der Waals surface area (Å²) in [5.74, 6) is 0.761. The average Bonchev–Trinajstić information content (AvgIpc) is 3.52. The molecule has 3 heterocycles. The largest absolute Gasteiger partial charge is 0.393 e. The number of aliphatic hydroxyl groups excluding tert-OH is 1. The van der Waals surface area contributed by atoms with E-state index in [2.05, 4.69) is 58.0 Å². The lowest BCUT2D eigenvalue weighted by atomic mass is 10.1. The average molecular weight is 480 g/mol. The van der Waals surface area contributed by atoms with Gasteiger partial charge in [-0.3, -0.25) is 4.79 Å². The highest BCUT2D eigenvalue weighted by Gasteiger charge is 2.16. The Morgan fingerprint density at radius 1 is 1.26 bits per heavy atom. The second kappa shape index (κ2) is 12.4. The first-order valence-electron chi connectivity index (χ1n) is 11.6. The zero-order chi connectivity index (χ0) is 24.5. The van der Waals surface area contributed by atoms with Crippen LogP contribution < -0.4 is 5.32 Å². The topological polar surface area (TPSA) is 94.1 Å². The predicted molar refractivity (Wildman–Crippen MR) is 141 cm³/mol. The Hall–Kier alpha value is -3.10. The van der Waals surface area contributed by atoms with Gasteiger partial charge in [-0.05, 0) is 60.9 Å². The summed E-state index contributed by atoms with van der Waals surface area (Å²) in [6, 6.07) is 8.30. The van der Waals surface area contributed by atoms with E-state index in [1.165, 1.54) is 11.1 Å². The molecule has 0 unspecified atom stereocenters. The number of nitrogens with zero attached hydrogens (tertiary/aromatic N) is 3. The number of nitrogens with one attached hydrogen (secondary N) is 2. The monoisotopic (exact) mass is 479 g/mol. The zero-order valence-electron chi connectivity index (χ0n) is 20.0. The molecule has 3 N–H and O–H groups in total. The second-order valence-corrected chi connectivity index (χ2v) is 8.88. The molecule has 5 rings (SSSR count). The van der Waals surface area contributed by atoms with Crippen molar-refractivity contribution in [3.63, 3.8) is 0 Å². The molecular weight excluding hydrogens is 446 g/mol. The first-order valence-corrected chi connectivity index (χ1v) is 12.5. The number of carbonyl (C=O) groups excluding carboxylic acids is 1. The quantitative estimate of drug-likeness (QED) is 0.312. The number of fused-ring (bicyclic) bond motifs is 1. The molecule has 2 aliphatic rings. The number of aryl methyl sites for hydroxylation is 1. The zero-order valence-corrected chi connectivity index (χ0v) is 20.9. The van der Waals surface area contributed by atoms with Crippen LogP contribution in [0.1, 0.15) is 44.4 Å². The number of aromatic nitrogens is 3. The van der Waals surface area contributed by atoms with Crippen molar-refractivity contribution in [3.8, 4) is 0 Å². The van der Waals surface area contributed by atoms with E-state index in [4.69, 9.17) is 5.11 Å². The molecule has 7 nitrogen and oxygen atoms in total. The highest BCUT2D eigenvalue weighted by atomic mass is 32.2. The Morgan fingerprint density at radius 3 is 2.65 bits per heavy atom. The van der Waals surface area contributed by atoms with Crippen LogP contribution in [-0.2, 0) is 4.79 Å². The van der Waals surface area contributed by atoms with E-state index in [0.717, 1.165) is 65.3 Å². The van der Waals surface area contributed by atoms with Crippen LogP contribution in [0.5, 0.6) is 0 Å². The summed E-state index contributed by atoms with van der Waals surface area (Å²) < 4.78 is 0. The lowest BCUT2D eigenvalue weighted by Gasteiger charge is -2.21. The number of hydrogen-bond donors (Lipinski definition) is 3. The van der Waals surface area contributed by atoms with Crippen LogP contribution in [0, 0.1) is 6.92 Å². The minimum absolute atomic E-state index is 0.0833. The molecule has 1 aromatic carbocycles.